The molecule has 0 unspecified atom stereocenters. The van der Waals surface area contributed by atoms with E-state index in [1.807, 2.05) is 196 Å². The zero-order valence-electron chi connectivity index (χ0n) is 84.2. The number of benzene rings is 12. The van der Waals surface area contributed by atoms with Crippen LogP contribution in [0.15, 0.2) is 292 Å². The van der Waals surface area contributed by atoms with Crippen LogP contribution in [0.2, 0.25) is 4.47 Å². The number of halogens is 4. The van der Waals surface area contributed by atoms with Crippen LogP contribution in [0.4, 0.5) is 0 Å². The minimum atomic E-state index is -1.34. The van der Waals surface area contributed by atoms with Gasteiger partial charge in [0.1, 0.15) is 36.8 Å². The molecule has 0 fully saturated rings. The molecule has 0 bridgehead atoms. The summed E-state index contributed by atoms with van der Waals surface area (Å²) in [6.07, 6.45) is 0.887. The number of fused-ring (bicyclic) bond motifs is 5. The van der Waals surface area contributed by atoms with E-state index in [2.05, 4.69) is 157 Å². The van der Waals surface area contributed by atoms with Crippen molar-refractivity contribution in [2.45, 2.75) is 159 Å². The van der Waals surface area contributed by atoms with Gasteiger partial charge in [0.2, 0.25) is 17.7 Å². The molecule has 0 radical (unpaired) electrons. The molecule has 0 aliphatic rings. The summed E-state index contributed by atoms with van der Waals surface area (Å²) in [5.74, 6) is -2.63. The second-order valence-corrected chi connectivity index (χ2v) is 44.7. The van der Waals surface area contributed by atoms with E-state index in [0.717, 1.165) is 129 Å². The van der Waals surface area contributed by atoms with Gasteiger partial charge in [-0.25, -0.2) is 44.1 Å². The number of carbonyl (C=O) groups is 8. The maximum absolute atomic E-state index is 12.5. The number of hydrogen-bond acceptors (Lipinski definition) is 26. The number of thiazole rings is 5. The first kappa shape index (κ1) is 117. The molecule has 5 heterocycles. The van der Waals surface area contributed by atoms with Crippen molar-refractivity contribution >= 4 is 227 Å². The number of hydrogen-bond donors (Lipinski definition) is 7. The zero-order chi connectivity index (χ0) is 107. The van der Waals surface area contributed by atoms with Gasteiger partial charge in [0, 0.05) is 39.6 Å². The van der Waals surface area contributed by atoms with Gasteiger partial charge in [-0.15, -0.1) is 56.7 Å². The highest BCUT2D eigenvalue weighted by molar-refractivity contribution is 9.11. The Morgan fingerprint density at radius 2 is 0.669 bits per heavy atom. The lowest BCUT2D eigenvalue weighted by Crippen LogP contribution is -2.29. The minimum absolute atomic E-state index is 0.110. The summed E-state index contributed by atoms with van der Waals surface area (Å²) in [5, 5.41) is 37.9. The summed E-state index contributed by atoms with van der Waals surface area (Å²) in [7, 11) is -1.34. The molecule has 17 aromatic rings. The van der Waals surface area contributed by atoms with Gasteiger partial charge in [-0.1, -0.05) is 232 Å². The van der Waals surface area contributed by atoms with Crippen LogP contribution < -0.4 is 27.1 Å². The second-order valence-electron chi connectivity index (χ2n) is 35.9. The largest absolute Gasteiger partial charge is 0.488 e. The van der Waals surface area contributed by atoms with Crippen molar-refractivity contribution in [1.82, 2.24) is 45.8 Å². The summed E-state index contributed by atoms with van der Waals surface area (Å²) in [5.41, 5.74) is 18.6. The van der Waals surface area contributed by atoms with Gasteiger partial charge >= 0.3 is 37.0 Å². The van der Waals surface area contributed by atoms with Crippen LogP contribution in [0.25, 0.3) is 73.3 Å². The monoisotopic (exact) mass is 2300 g/mol. The van der Waals surface area contributed by atoms with Crippen LogP contribution in [0.1, 0.15) is 174 Å². The highest BCUT2D eigenvalue weighted by atomic mass is 79.9. The van der Waals surface area contributed by atoms with Crippen LogP contribution in [0, 0.1) is 0 Å². The van der Waals surface area contributed by atoms with Gasteiger partial charge in [0.15, 0.2) is 4.47 Å². The van der Waals surface area contributed by atoms with Gasteiger partial charge in [0.25, 0.3) is 0 Å². The number of aromatic carboxylic acids is 1. The van der Waals surface area contributed by atoms with E-state index in [-0.39, 0.29) is 79.4 Å². The average Bonchev–Trinajstić information content (AvgIpc) is 1.68. The summed E-state index contributed by atoms with van der Waals surface area (Å²) in [4.78, 5) is 120. The highest BCUT2D eigenvalue weighted by Crippen LogP contribution is 2.34. The molecule has 0 aliphatic heterocycles. The van der Waals surface area contributed by atoms with Crippen molar-refractivity contribution in [3.8, 4) is 22.3 Å². The number of nitrogens with zero attached hydrogens (tertiary/aromatic N) is 6. The minimum Gasteiger partial charge on any atom is -0.478 e. The van der Waals surface area contributed by atoms with E-state index >= 15 is 0 Å². The first-order valence-electron chi connectivity index (χ1n) is 47.4. The number of nitrogens with two attached hydrogens (primary N) is 1. The molecule has 0 spiro atoms. The maximum Gasteiger partial charge on any atom is 0.488 e. The van der Waals surface area contributed by atoms with Gasteiger partial charge in [-0.2, -0.15) is 0 Å². The van der Waals surface area contributed by atoms with Crippen LogP contribution in [-0.2, 0) is 90.0 Å². The molecule has 25 nitrogen and oxygen atoms in total. The van der Waals surface area contributed by atoms with E-state index in [1.165, 1.54) is 82.4 Å². The lowest BCUT2D eigenvalue weighted by molar-refractivity contribution is -0.142. The zero-order valence-corrected chi connectivity index (χ0v) is 93.8. The number of carboxylic acids is 1. The van der Waals surface area contributed by atoms with Gasteiger partial charge in [0.05, 0.1) is 106 Å². The fourth-order valence-corrected chi connectivity index (χ4v) is 20.3. The van der Waals surface area contributed by atoms with Crippen molar-refractivity contribution in [3.63, 3.8) is 0 Å². The summed E-state index contributed by atoms with van der Waals surface area (Å²) in [6.45, 7) is 30.2. The normalized spacial score (nSPS) is 10.9. The molecule has 148 heavy (non-hydrogen) atoms. The Morgan fingerprint density at radius 3 is 0.986 bits per heavy atom. The molecule has 0 saturated carbocycles. The quantitative estimate of drug-likeness (QED) is 0.0150. The van der Waals surface area contributed by atoms with Crippen molar-refractivity contribution in [3.05, 3.63) is 361 Å². The Labute approximate surface area is 912 Å². The average molecular weight is 2300 g/mol. The molecule has 0 aliphatic carbocycles. The fraction of sp³-hybridized carbons (Fsp3) is 0.248. The smallest absolute Gasteiger partial charge is 0.478 e. The van der Waals surface area contributed by atoms with Crippen LogP contribution in [0.5, 0.6) is 0 Å². The van der Waals surface area contributed by atoms with Gasteiger partial charge in [-0.05, 0) is 266 Å². The lowest BCUT2D eigenvalue weighted by Gasteiger charge is -2.19. The molecular weight excluding hydrogens is 2180 g/mol. The number of rotatable bonds is 26. The molecule has 0 saturated heterocycles. The van der Waals surface area contributed by atoms with Crippen LogP contribution >= 0.6 is 116 Å². The van der Waals surface area contributed by atoms with Crippen molar-refractivity contribution in [2.75, 3.05) is 26.2 Å². The Bertz CT molecular complexity index is 7310. The number of nitrogens with one attached hydrogen (secondary N) is 3. The summed E-state index contributed by atoms with van der Waals surface area (Å²) in [6, 6.07) is 86.9. The van der Waals surface area contributed by atoms with Crippen LogP contribution in [0.3, 0.4) is 0 Å². The highest BCUT2D eigenvalue weighted by Gasteiger charge is 2.24. The number of aromatic nitrogens is 5. The molecular formula is C113H117BBr3ClN10O15S5. The van der Waals surface area contributed by atoms with Crippen molar-refractivity contribution in [2.24, 2.45) is 5.73 Å². The SMILES string of the molecule is CC(C)(C)OC(=O)c1cccc(CN)c1.CC(C)(C)OC(=O)c1cccc(CNC(=O)Cc2nc3ccc(-c4ccccc4)cc3s2)c1.CC(C)(C)OC(=O)c1cccc(CNC(=O)Cc2nc3ccc(Br)cc3s2)c1.CCN(CC)CC.CCOC(=O)Cc1nc2ccc(Br)cc2s1.Clc1nc2ccc(Br)cc2s1.O=C(Cc1nc2ccc(-c3ccccc3)cc2s1)NCc1cccc(C(=O)O)c1.OB(O)c1ccccc1. The predicted molar refractivity (Wildman–Crippen MR) is 610 cm³/mol. The van der Waals surface area contributed by atoms with E-state index in [4.69, 9.17) is 51.4 Å². The second kappa shape index (κ2) is 57.9. The van der Waals surface area contributed by atoms with E-state index in [1.54, 1.807) is 104 Å². The molecule has 8 N–H and O–H groups in total. The Kier molecular flexibility index (Phi) is 45.9. The summed E-state index contributed by atoms with van der Waals surface area (Å²) < 4.78 is 29.9. The topological polar surface area (TPSA) is 364 Å². The Morgan fingerprint density at radius 1 is 0.365 bits per heavy atom. The number of amides is 3. The maximum atomic E-state index is 12.5. The number of carbonyl (C=O) groups excluding carboxylic acids is 7. The third kappa shape index (κ3) is 40.2. The molecule has 17 rings (SSSR count). The van der Waals surface area contributed by atoms with E-state index in [9.17, 15) is 38.4 Å². The van der Waals surface area contributed by atoms with Crippen LogP contribution in [-0.4, -0.2) is 143 Å². The molecule has 12 aromatic carbocycles. The third-order valence-corrected chi connectivity index (χ3v) is 27.4. The van der Waals surface area contributed by atoms with Gasteiger partial charge in [-0.3, -0.25) is 19.2 Å². The van der Waals surface area contributed by atoms with E-state index < -0.39 is 29.9 Å². The van der Waals surface area contributed by atoms with Crippen molar-refractivity contribution < 1.29 is 72.5 Å². The number of ether oxygens (including phenoxy) is 4. The molecule has 5 aromatic heterocycles. The lowest BCUT2D eigenvalue weighted by atomic mass is 9.81. The first-order valence-corrected chi connectivity index (χ1v) is 54.2. The Balaban J connectivity index is 0.000000181. The fourth-order valence-electron chi connectivity index (χ4n) is 13.7. The molecule has 3 amide bonds. The standard InChI is InChI=1S/C27H26N2O3S.C23H18N2O3S.C21H21BrN2O3S.C12H17NO2.C11H10BrNO2S.C7H3BrClNS.C6H7BO2.C6H15N/c1-27(2,3)32-26(31)21-11-7-8-18(14-21)17-28-24(30)16-25-29-22-13-12-20(15-23(22)33-25)19-9-5-4-6-10-19;26-21(24-14-15-5-4-8-18(11-15)23(27)28)13-22-25-19-10-9-17(12-20(19)29-22)16-6-2-1-3-7-16;1-21(2,3)27-20(26)14-6-4-5-13(9-14)12-23-18(25)11-19-24-16-8-7-15(22)10-17(16)28-19;1-12(2,3)15-11(14)10-6-4-5-9(7-10)8-13;1-2-15-11(14)6-10-13-8-4-3-7(12)5-9(8)16-10;8-4-1-2-5-6(3-4)11-7(9)10-5;8-7(9)6-4-2-1-3-5-6;1-4-7(5-2)6-3/h4-15H,16-17H2,1-3H3,(H,28,30);1-12H,13-14H2,(H,24,26)(H,27,28);4-10H,11-12H2,1-3H3,(H,23,25);4-7H,8,13H2,1-3H3;3-5H,2,6H2,1H3;1-3H;1-5,8-9H;4-6H2,1-3H3. The predicted octanol–water partition coefficient (Wildman–Crippen LogP) is 24.9. The summed E-state index contributed by atoms with van der Waals surface area (Å²) >= 11 is 23.5. The number of carboxylic acid groups (broad SMARTS) is 1. The van der Waals surface area contributed by atoms with E-state index in [0.29, 0.717) is 52.9 Å². The number of esters is 4. The molecule has 770 valence electrons. The van der Waals surface area contributed by atoms with Gasteiger partial charge < -0.3 is 60.7 Å². The van der Waals surface area contributed by atoms with Crippen molar-refractivity contribution in [1.29, 1.82) is 0 Å². The third-order valence-electron chi connectivity index (χ3n) is 20.7. The first-order chi connectivity index (χ1) is 70.5. The molecule has 0 atom stereocenters. The molecule has 35 heteroatoms. The Hall–Kier alpha value is -12.5.